The first kappa shape index (κ1) is 7.49. The van der Waals surface area contributed by atoms with E-state index in [1.54, 1.807) is 11.3 Å². The number of hydrogen-bond donors (Lipinski definition) is 1. The van der Waals surface area contributed by atoms with Gasteiger partial charge in [-0.3, -0.25) is 0 Å². The summed E-state index contributed by atoms with van der Waals surface area (Å²) in [7, 11) is 0. The molecular weight excluding hydrogens is 170 g/mol. The fourth-order valence-electron chi connectivity index (χ4n) is 1.10. The summed E-state index contributed by atoms with van der Waals surface area (Å²) < 4.78 is 0. The molecule has 2 aromatic rings. The van der Waals surface area contributed by atoms with Crippen molar-refractivity contribution in [1.29, 1.82) is 0 Å². The molecule has 0 fully saturated rings. The largest absolute Gasteiger partial charge is 0.383 e. The third-order valence-corrected chi connectivity index (χ3v) is 2.95. The first-order valence-corrected chi connectivity index (χ1v) is 4.62. The first-order valence-electron chi connectivity index (χ1n) is 3.80. The molecule has 3 nitrogen and oxygen atoms in total. The Balaban J connectivity index is 2.74. The lowest BCUT2D eigenvalue weighted by Crippen LogP contribution is -1.89. The van der Waals surface area contributed by atoms with E-state index in [4.69, 9.17) is 5.73 Å². The van der Waals surface area contributed by atoms with Crippen LogP contribution in [-0.4, -0.2) is 9.97 Å². The molecule has 2 N–H and O–H groups in total. The van der Waals surface area contributed by atoms with Crippen molar-refractivity contribution in [2.24, 2.45) is 0 Å². The Hall–Kier alpha value is -1.16. The third-order valence-electron chi connectivity index (χ3n) is 1.76. The average molecular weight is 179 g/mol. The summed E-state index contributed by atoms with van der Waals surface area (Å²) >= 11 is 1.68. The number of nitrogen functional groups attached to an aromatic ring is 1. The highest BCUT2D eigenvalue weighted by Crippen LogP contribution is 2.26. The molecule has 0 aliphatic rings. The van der Waals surface area contributed by atoms with E-state index in [2.05, 4.69) is 23.0 Å². The topological polar surface area (TPSA) is 51.8 Å². The number of nitrogens with zero attached hydrogens (tertiary/aromatic N) is 2. The van der Waals surface area contributed by atoms with Crippen LogP contribution in [0.3, 0.4) is 0 Å². The number of aryl methyl sites for hydroxylation is 1. The molecule has 0 amide bonds. The van der Waals surface area contributed by atoms with Crippen molar-refractivity contribution >= 4 is 27.4 Å². The van der Waals surface area contributed by atoms with Gasteiger partial charge in [-0.1, -0.05) is 6.92 Å². The third kappa shape index (κ3) is 1.04. The van der Waals surface area contributed by atoms with E-state index in [-0.39, 0.29) is 0 Å². The van der Waals surface area contributed by atoms with E-state index in [1.165, 1.54) is 11.2 Å². The van der Waals surface area contributed by atoms with Gasteiger partial charge in [-0.05, 0) is 12.5 Å². The zero-order chi connectivity index (χ0) is 8.55. The summed E-state index contributed by atoms with van der Waals surface area (Å²) in [5, 5.41) is 0.986. The average Bonchev–Trinajstić information content (AvgIpc) is 2.49. The maximum Gasteiger partial charge on any atom is 0.135 e. The minimum atomic E-state index is 0.580. The van der Waals surface area contributed by atoms with Gasteiger partial charge in [0.2, 0.25) is 0 Å². The molecule has 2 rings (SSSR count). The van der Waals surface area contributed by atoms with Crippen LogP contribution >= 0.6 is 11.3 Å². The first-order chi connectivity index (χ1) is 5.81. The quantitative estimate of drug-likeness (QED) is 0.726. The van der Waals surface area contributed by atoms with Crippen LogP contribution < -0.4 is 5.73 Å². The van der Waals surface area contributed by atoms with E-state index in [9.17, 15) is 0 Å². The molecule has 0 aromatic carbocycles. The molecule has 0 atom stereocenters. The molecule has 4 heteroatoms. The van der Waals surface area contributed by atoms with Crippen molar-refractivity contribution in [2.45, 2.75) is 13.3 Å². The van der Waals surface area contributed by atoms with Crippen LogP contribution in [0.4, 0.5) is 5.82 Å². The van der Waals surface area contributed by atoms with Gasteiger partial charge < -0.3 is 5.73 Å². The smallest absolute Gasteiger partial charge is 0.135 e. The molecule has 0 saturated carbocycles. The van der Waals surface area contributed by atoms with E-state index in [0.717, 1.165) is 16.6 Å². The lowest BCUT2D eigenvalue weighted by molar-refractivity contribution is 1.19. The molecule has 2 heterocycles. The Morgan fingerprint density at radius 2 is 2.33 bits per heavy atom. The van der Waals surface area contributed by atoms with Gasteiger partial charge in [0, 0.05) is 4.88 Å². The number of rotatable bonds is 1. The molecule has 0 spiro atoms. The van der Waals surface area contributed by atoms with Gasteiger partial charge in [0.1, 0.15) is 17.0 Å². The second-order valence-electron chi connectivity index (χ2n) is 2.54. The van der Waals surface area contributed by atoms with Crippen LogP contribution in [0.1, 0.15) is 11.8 Å². The van der Waals surface area contributed by atoms with Gasteiger partial charge in [-0.2, -0.15) is 0 Å². The van der Waals surface area contributed by atoms with Crippen LogP contribution in [0.5, 0.6) is 0 Å². The highest BCUT2D eigenvalue weighted by Gasteiger charge is 2.03. The van der Waals surface area contributed by atoms with E-state index < -0.39 is 0 Å². The maximum absolute atomic E-state index is 5.68. The molecule has 0 aliphatic carbocycles. The SMILES string of the molecule is CCc1cc2c(N)ncnc2s1. The number of fused-ring (bicyclic) bond motifs is 1. The van der Waals surface area contributed by atoms with Gasteiger partial charge in [-0.25, -0.2) is 9.97 Å². The Morgan fingerprint density at radius 3 is 3.00 bits per heavy atom. The second kappa shape index (κ2) is 2.71. The summed E-state index contributed by atoms with van der Waals surface area (Å²) in [6, 6.07) is 2.06. The highest BCUT2D eigenvalue weighted by molar-refractivity contribution is 7.18. The van der Waals surface area contributed by atoms with Crippen LogP contribution in [-0.2, 0) is 6.42 Å². The number of nitrogens with two attached hydrogens (primary N) is 1. The molecule has 0 saturated heterocycles. The van der Waals surface area contributed by atoms with Crippen LogP contribution in [0, 0.1) is 0 Å². The van der Waals surface area contributed by atoms with Crippen LogP contribution in [0.25, 0.3) is 10.2 Å². The summed E-state index contributed by atoms with van der Waals surface area (Å²) in [5.74, 6) is 0.580. The van der Waals surface area contributed by atoms with Crippen LogP contribution in [0.15, 0.2) is 12.4 Å². The monoisotopic (exact) mass is 179 g/mol. The van der Waals surface area contributed by atoms with Crippen molar-refractivity contribution in [3.8, 4) is 0 Å². The van der Waals surface area contributed by atoms with Crippen molar-refractivity contribution in [1.82, 2.24) is 9.97 Å². The summed E-state index contributed by atoms with van der Waals surface area (Å²) in [6.45, 7) is 2.12. The minimum absolute atomic E-state index is 0.580. The predicted octanol–water partition coefficient (Wildman–Crippen LogP) is 1.84. The van der Waals surface area contributed by atoms with Crippen molar-refractivity contribution < 1.29 is 0 Å². The van der Waals surface area contributed by atoms with E-state index >= 15 is 0 Å². The number of anilines is 1. The van der Waals surface area contributed by atoms with Gasteiger partial charge >= 0.3 is 0 Å². The Labute approximate surface area is 74.3 Å². The number of hydrogen-bond acceptors (Lipinski definition) is 4. The normalized spacial score (nSPS) is 10.8. The van der Waals surface area contributed by atoms with Gasteiger partial charge in [0.05, 0.1) is 5.39 Å². The summed E-state index contributed by atoms with van der Waals surface area (Å²) in [4.78, 5) is 10.4. The molecule has 0 unspecified atom stereocenters. The van der Waals surface area contributed by atoms with E-state index in [0.29, 0.717) is 5.82 Å². The maximum atomic E-state index is 5.68. The molecule has 0 aliphatic heterocycles. The van der Waals surface area contributed by atoms with Crippen molar-refractivity contribution in [3.63, 3.8) is 0 Å². The molecular formula is C8H9N3S. The molecule has 0 radical (unpaired) electrons. The lowest BCUT2D eigenvalue weighted by atomic mass is 10.3. The minimum Gasteiger partial charge on any atom is -0.383 e. The summed E-state index contributed by atoms with van der Waals surface area (Å²) in [5.41, 5.74) is 5.68. The number of aromatic nitrogens is 2. The van der Waals surface area contributed by atoms with Crippen molar-refractivity contribution in [2.75, 3.05) is 5.73 Å². The molecule has 12 heavy (non-hydrogen) atoms. The zero-order valence-corrected chi connectivity index (χ0v) is 7.56. The van der Waals surface area contributed by atoms with Crippen molar-refractivity contribution in [3.05, 3.63) is 17.3 Å². The van der Waals surface area contributed by atoms with Crippen LogP contribution in [0.2, 0.25) is 0 Å². The molecule has 62 valence electrons. The summed E-state index contributed by atoms with van der Waals surface area (Å²) in [6.07, 6.45) is 2.54. The zero-order valence-electron chi connectivity index (χ0n) is 6.74. The Kier molecular flexibility index (Phi) is 1.69. The Bertz CT molecular complexity index is 408. The Morgan fingerprint density at radius 1 is 1.50 bits per heavy atom. The standard InChI is InChI=1S/C8H9N3S/c1-2-5-3-6-7(9)10-4-11-8(6)12-5/h3-4H,2H2,1H3,(H2,9,10,11). The fraction of sp³-hybridized carbons (Fsp3) is 0.250. The van der Waals surface area contributed by atoms with Gasteiger partial charge in [0.15, 0.2) is 0 Å². The lowest BCUT2D eigenvalue weighted by Gasteiger charge is -1.90. The second-order valence-corrected chi connectivity index (χ2v) is 3.66. The van der Waals surface area contributed by atoms with Gasteiger partial charge in [0.25, 0.3) is 0 Å². The van der Waals surface area contributed by atoms with Gasteiger partial charge in [-0.15, -0.1) is 11.3 Å². The van der Waals surface area contributed by atoms with E-state index in [1.807, 2.05) is 0 Å². The molecule has 2 aromatic heterocycles. The molecule has 0 bridgehead atoms. The fourth-order valence-corrected chi connectivity index (χ4v) is 2.04. The highest BCUT2D eigenvalue weighted by atomic mass is 32.1. The number of thiophene rings is 1. The predicted molar refractivity (Wildman–Crippen MR) is 51.2 cm³/mol.